The van der Waals surface area contributed by atoms with E-state index in [2.05, 4.69) is 9.97 Å². The maximum Gasteiger partial charge on any atom is 0.330 e. The van der Waals surface area contributed by atoms with E-state index in [1.807, 2.05) is 31.5 Å². The second-order valence-electron chi connectivity index (χ2n) is 2.81. The van der Waals surface area contributed by atoms with E-state index >= 15 is 0 Å². The largest absolute Gasteiger partial charge is 0.330 e. The Morgan fingerprint density at radius 3 is 2.85 bits per heavy atom. The molecule has 0 saturated carbocycles. The Hall–Kier alpha value is -1.42. The zero-order valence-electron chi connectivity index (χ0n) is 7.24. The first kappa shape index (κ1) is 8.19. The van der Waals surface area contributed by atoms with Crippen molar-refractivity contribution in [1.29, 1.82) is 0 Å². The van der Waals surface area contributed by atoms with Crippen molar-refractivity contribution >= 4 is 16.5 Å². The molecule has 0 spiro atoms. The molecule has 0 amide bonds. The Bertz CT molecular complexity index is 405. The summed E-state index contributed by atoms with van der Waals surface area (Å²) in [5.41, 5.74) is 7.71. The van der Waals surface area contributed by atoms with Gasteiger partial charge in [0.2, 0.25) is 0 Å². The fourth-order valence-corrected chi connectivity index (χ4v) is 1.78. The number of anilines is 1. The monoisotopic (exact) mass is 192 g/mol. The van der Waals surface area contributed by atoms with Crippen LogP contribution in [-0.4, -0.2) is 4.98 Å². The molecule has 2 heterocycles. The molecule has 0 aliphatic rings. The van der Waals surface area contributed by atoms with Crippen LogP contribution in [-0.2, 0) is 0 Å². The Kier molecular flexibility index (Phi) is 1.98. The van der Waals surface area contributed by atoms with Gasteiger partial charge in [-0.2, -0.15) is 0 Å². The molecule has 2 aromatic rings. The standard InChI is InChI=1S/C9H9N3S/c1-6-2-3-7(4-11-6)8-5-12-9(10)13-8/h2-5H,1H3,(H2,10,12)/p+1. The van der Waals surface area contributed by atoms with E-state index in [1.165, 1.54) is 11.3 Å². The Labute approximate surface area is 80.3 Å². The van der Waals surface area contributed by atoms with Crippen molar-refractivity contribution in [2.24, 2.45) is 0 Å². The first-order valence-corrected chi connectivity index (χ1v) is 4.77. The number of pyridine rings is 1. The van der Waals surface area contributed by atoms with Gasteiger partial charge in [-0.05, 0) is 24.3 Å². The normalized spacial score (nSPS) is 10.2. The van der Waals surface area contributed by atoms with Crippen LogP contribution < -0.4 is 10.7 Å². The van der Waals surface area contributed by atoms with Gasteiger partial charge in [-0.1, -0.05) is 6.07 Å². The zero-order valence-corrected chi connectivity index (χ0v) is 8.06. The van der Waals surface area contributed by atoms with Gasteiger partial charge in [0, 0.05) is 17.5 Å². The lowest BCUT2D eigenvalue weighted by Gasteiger charge is -1.94. The summed E-state index contributed by atoms with van der Waals surface area (Å²) in [6, 6.07) is 4.03. The zero-order chi connectivity index (χ0) is 9.26. The number of rotatable bonds is 1. The number of thiazole rings is 1. The molecule has 0 aliphatic heterocycles. The molecule has 0 saturated heterocycles. The molecule has 0 bridgehead atoms. The van der Waals surface area contributed by atoms with E-state index in [-0.39, 0.29) is 0 Å². The van der Waals surface area contributed by atoms with Crippen molar-refractivity contribution in [1.82, 2.24) is 4.98 Å². The molecule has 0 fully saturated rings. The van der Waals surface area contributed by atoms with E-state index in [9.17, 15) is 0 Å². The van der Waals surface area contributed by atoms with Crippen molar-refractivity contribution in [3.63, 3.8) is 0 Å². The summed E-state index contributed by atoms with van der Waals surface area (Å²) in [5, 5.41) is 0.718. The highest BCUT2D eigenvalue weighted by Gasteiger charge is 2.04. The molecular weight excluding hydrogens is 182 g/mol. The van der Waals surface area contributed by atoms with E-state index in [1.54, 1.807) is 0 Å². The molecule has 0 aliphatic carbocycles. The fraction of sp³-hybridized carbons (Fsp3) is 0.111. The second kappa shape index (κ2) is 3.14. The lowest BCUT2D eigenvalue weighted by atomic mass is 10.2. The Morgan fingerprint density at radius 1 is 1.46 bits per heavy atom. The van der Waals surface area contributed by atoms with Crippen LogP contribution in [0.15, 0.2) is 24.5 Å². The van der Waals surface area contributed by atoms with Crippen molar-refractivity contribution in [3.8, 4) is 10.4 Å². The minimum Gasteiger partial charge on any atom is -0.278 e. The molecule has 0 aromatic carbocycles. The highest BCUT2D eigenvalue weighted by Crippen LogP contribution is 2.24. The highest BCUT2D eigenvalue weighted by molar-refractivity contribution is 7.18. The minimum atomic E-state index is 0.718. The first-order valence-electron chi connectivity index (χ1n) is 3.96. The van der Waals surface area contributed by atoms with Gasteiger partial charge in [-0.15, -0.1) is 0 Å². The number of nitrogen functional groups attached to an aromatic ring is 1. The molecule has 2 rings (SSSR count). The van der Waals surface area contributed by atoms with Gasteiger partial charge in [-0.3, -0.25) is 10.7 Å². The molecule has 0 radical (unpaired) electrons. The highest BCUT2D eigenvalue weighted by atomic mass is 32.1. The number of aryl methyl sites for hydroxylation is 1. The molecule has 3 nitrogen and oxygen atoms in total. The number of nitrogens with two attached hydrogens (primary N) is 1. The van der Waals surface area contributed by atoms with E-state index < -0.39 is 0 Å². The number of hydrogen-bond acceptors (Lipinski definition) is 3. The van der Waals surface area contributed by atoms with Crippen LogP contribution in [0.1, 0.15) is 5.69 Å². The minimum absolute atomic E-state index is 0.718. The van der Waals surface area contributed by atoms with Gasteiger partial charge in [0.1, 0.15) is 6.20 Å². The molecule has 4 heteroatoms. The predicted octanol–water partition coefficient (Wildman–Crippen LogP) is 1.51. The fourth-order valence-electron chi connectivity index (χ4n) is 1.07. The smallest absolute Gasteiger partial charge is 0.278 e. The van der Waals surface area contributed by atoms with Gasteiger partial charge in [0.15, 0.2) is 0 Å². The van der Waals surface area contributed by atoms with Gasteiger partial charge >= 0.3 is 5.13 Å². The number of hydrogen-bond donors (Lipinski definition) is 1. The van der Waals surface area contributed by atoms with Gasteiger partial charge in [0.25, 0.3) is 0 Å². The molecule has 0 unspecified atom stereocenters. The number of nitrogens with zero attached hydrogens (tertiary/aromatic N) is 1. The molecule has 0 atom stereocenters. The van der Waals surface area contributed by atoms with Crippen LogP contribution in [0.4, 0.5) is 5.13 Å². The molecule has 3 N–H and O–H groups in total. The molecular formula is C9H10N3S+. The van der Waals surface area contributed by atoms with Crippen molar-refractivity contribution in [3.05, 3.63) is 30.2 Å². The van der Waals surface area contributed by atoms with Gasteiger partial charge < -0.3 is 0 Å². The van der Waals surface area contributed by atoms with Crippen LogP contribution in [0.25, 0.3) is 10.4 Å². The summed E-state index contributed by atoms with van der Waals surface area (Å²) in [6.07, 6.45) is 3.75. The van der Waals surface area contributed by atoms with Crippen molar-refractivity contribution in [2.75, 3.05) is 5.73 Å². The SMILES string of the molecule is Cc1ccc(-c2c[nH+]c(N)s2)cn1. The van der Waals surface area contributed by atoms with E-state index in [0.717, 1.165) is 21.3 Å². The third-order valence-corrected chi connectivity index (χ3v) is 2.67. The lowest BCUT2D eigenvalue weighted by Crippen LogP contribution is -2.00. The Balaban J connectivity index is 2.41. The number of aromatic amines is 1. The summed E-state index contributed by atoms with van der Waals surface area (Å²) < 4.78 is 0. The van der Waals surface area contributed by atoms with Gasteiger partial charge in [0.05, 0.1) is 4.88 Å². The second-order valence-corrected chi connectivity index (χ2v) is 3.89. The number of aromatic nitrogens is 2. The third kappa shape index (κ3) is 1.67. The third-order valence-electron chi connectivity index (χ3n) is 1.76. The van der Waals surface area contributed by atoms with E-state index in [4.69, 9.17) is 5.73 Å². The molecule has 66 valence electrons. The number of nitrogens with one attached hydrogen (secondary N) is 1. The summed E-state index contributed by atoms with van der Waals surface area (Å²) in [6.45, 7) is 1.97. The van der Waals surface area contributed by atoms with Gasteiger partial charge in [-0.25, -0.2) is 4.98 Å². The summed E-state index contributed by atoms with van der Waals surface area (Å²) in [4.78, 5) is 8.28. The summed E-state index contributed by atoms with van der Waals surface area (Å²) >= 11 is 1.53. The summed E-state index contributed by atoms with van der Waals surface area (Å²) in [7, 11) is 0. The van der Waals surface area contributed by atoms with Crippen molar-refractivity contribution < 1.29 is 4.98 Å². The maximum atomic E-state index is 5.59. The molecule has 2 aromatic heterocycles. The molecule has 13 heavy (non-hydrogen) atoms. The van der Waals surface area contributed by atoms with Crippen molar-refractivity contribution in [2.45, 2.75) is 6.92 Å². The maximum absolute atomic E-state index is 5.59. The van der Waals surface area contributed by atoms with E-state index in [0.29, 0.717) is 0 Å². The number of H-pyrrole nitrogens is 1. The Morgan fingerprint density at radius 2 is 2.31 bits per heavy atom. The summed E-state index contributed by atoms with van der Waals surface area (Å²) in [5.74, 6) is 0. The predicted molar refractivity (Wildman–Crippen MR) is 53.3 cm³/mol. The van der Waals surface area contributed by atoms with Crippen LogP contribution in [0, 0.1) is 6.92 Å². The average Bonchev–Trinajstić information content (AvgIpc) is 2.53. The quantitative estimate of drug-likeness (QED) is 0.744. The first-order chi connectivity index (χ1) is 6.25. The van der Waals surface area contributed by atoms with Crippen LogP contribution >= 0.6 is 11.3 Å². The van der Waals surface area contributed by atoms with Crippen LogP contribution in [0.2, 0.25) is 0 Å². The van der Waals surface area contributed by atoms with Crippen LogP contribution in [0.3, 0.4) is 0 Å². The van der Waals surface area contributed by atoms with Crippen LogP contribution in [0.5, 0.6) is 0 Å². The average molecular weight is 192 g/mol. The lowest BCUT2D eigenvalue weighted by molar-refractivity contribution is -0.353. The topological polar surface area (TPSA) is 53.0 Å².